The largest absolute Gasteiger partial charge is 0.394 e. The average molecular weight is 582 g/mol. The van der Waals surface area contributed by atoms with Gasteiger partial charge in [0.2, 0.25) is 0 Å². The van der Waals surface area contributed by atoms with Gasteiger partial charge in [0.05, 0.1) is 30.7 Å². The molecule has 208 valence electrons. The summed E-state index contributed by atoms with van der Waals surface area (Å²) in [4.78, 5) is 22.0. The summed E-state index contributed by atoms with van der Waals surface area (Å²) in [5.74, 6) is -1.40. The van der Waals surface area contributed by atoms with Crippen molar-refractivity contribution in [3.05, 3.63) is 57.5 Å². The second-order valence-corrected chi connectivity index (χ2v) is 12.7. The fourth-order valence-electron chi connectivity index (χ4n) is 4.79. The Morgan fingerprint density at radius 2 is 2.00 bits per heavy atom. The van der Waals surface area contributed by atoms with Gasteiger partial charge in [-0.2, -0.15) is 5.11 Å². The predicted octanol–water partition coefficient (Wildman–Crippen LogP) is 4.18. The lowest BCUT2D eigenvalue weighted by atomic mass is 9.93. The molecule has 2 aromatic carbocycles. The van der Waals surface area contributed by atoms with Gasteiger partial charge in [0.25, 0.3) is 0 Å². The molecule has 6 atom stereocenters. The summed E-state index contributed by atoms with van der Waals surface area (Å²) in [7, 11) is -1.80. The molecular formula is C24H26ClF2N7O4S. The molecule has 15 heteroatoms. The van der Waals surface area contributed by atoms with Crippen LogP contribution in [0.4, 0.5) is 14.5 Å². The molecule has 39 heavy (non-hydrogen) atoms. The van der Waals surface area contributed by atoms with Crippen LogP contribution in [0.1, 0.15) is 24.9 Å². The molecule has 0 saturated carbocycles. The minimum atomic E-state index is -1.80. The van der Waals surface area contributed by atoms with Gasteiger partial charge in [-0.15, -0.1) is 4.91 Å². The van der Waals surface area contributed by atoms with Crippen LogP contribution >= 0.6 is 21.8 Å². The SMILES string of the molecule is CC(N)=NC(=Nc1ccc2c(c1)S2(C)N=O)C1CC(N2CC(c3cc(F)c(Cl)c(F)c3)N=N2)C(O)C(CO)O1. The molecule has 0 amide bonds. The highest BCUT2D eigenvalue weighted by atomic mass is 35.5. The standard InChI is InChI=1S/C24H26ClF2N7O4S/c1-11(28)29-24(30-13-3-4-20-21(7-13)39(20,2)33-37)18-8-17(23(36)19(10-35)38-18)34-9-16(31-32-34)12-5-14(26)22(25)15(27)6-12/h3-7,16-19,23,35-36H,8-10H2,1-2H3,(H2,28,29,30). The number of aliphatic imine (C=N–C) groups is 2. The van der Waals surface area contributed by atoms with Gasteiger partial charge in [-0.05, 0) is 53.7 Å². The molecule has 3 heterocycles. The number of nitrogens with two attached hydrogens (primary N) is 1. The normalized spacial score (nSPS) is 32.1. The number of halogens is 3. The van der Waals surface area contributed by atoms with Crippen molar-refractivity contribution in [2.45, 2.75) is 53.5 Å². The zero-order valence-electron chi connectivity index (χ0n) is 20.9. The Hall–Kier alpha value is -3.04. The smallest absolute Gasteiger partial charge is 0.159 e. The van der Waals surface area contributed by atoms with Crippen LogP contribution in [0, 0.1) is 16.5 Å². The molecule has 2 aromatic rings. The van der Waals surface area contributed by atoms with Crippen molar-refractivity contribution in [1.29, 1.82) is 0 Å². The monoisotopic (exact) mass is 581 g/mol. The van der Waals surface area contributed by atoms with E-state index in [4.69, 9.17) is 22.1 Å². The molecule has 0 bridgehead atoms. The lowest BCUT2D eigenvalue weighted by Gasteiger charge is -2.41. The Labute approximate surface area is 228 Å². The molecule has 0 aliphatic carbocycles. The van der Waals surface area contributed by atoms with Crippen molar-refractivity contribution in [1.82, 2.24) is 5.01 Å². The molecule has 0 radical (unpaired) electrons. The van der Waals surface area contributed by atoms with Gasteiger partial charge >= 0.3 is 0 Å². The number of benzene rings is 2. The van der Waals surface area contributed by atoms with E-state index < -0.39 is 63.9 Å². The Bertz CT molecular complexity index is 1390. The summed E-state index contributed by atoms with van der Waals surface area (Å²) >= 11 is 5.60. The van der Waals surface area contributed by atoms with E-state index in [9.17, 15) is 23.9 Å². The number of aliphatic hydroxyl groups excluding tert-OH is 2. The first kappa shape index (κ1) is 27.5. The van der Waals surface area contributed by atoms with E-state index in [-0.39, 0.29) is 30.2 Å². The number of nitroso groups, excluding NO2 is 1. The first-order valence-electron chi connectivity index (χ1n) is 12.0. The van der Waals surface area contributed by atoms with Gasteiger partial charge < -0.3 is 20.7 Å². The van der Waals surface area contributed by atoms with E-state index in [1.165, 1.54) is 5.01 Å². The number of fused-ring (bicyclic) bond motifs is 1. The van der Waals surface area contributed by atoms with Crippen LogP contribution in [0.5, 0.6) is 0 Å². The third-order valence-corrected chi connectivity index (χ3v) is 9.76. The number of amidine groups is 2. The van der Waals surface area contributed by atoms with Crippen LogP contribution in [-0.2, 0) is 4.74 Å². The van der Waals surface area contributed by atoms with E-state index in [1.807, 2.05) is 0 Å². The van der Waals surface area contributed by atoms with Gasteiger partial charge in [-0.25, -0.2) is 18.8 Å². The molecule has 6 unspecified atom stereocenters. The summed E-state index contributed by atoms with van der Waals surface area (Å²) in [5.41, 5.74) is 6.64. The van der Waals surface area contributed by atoms with Crippen molar-refractivity contribution in [3.8, 4) is 0 Å². The van der Waals surface area contributed by atoms with Gasteiger partial charge in [0.15, 0.2) is 5.84 Å². The molecule has 0 aromatic heterocycles. The first-order chi connectivity index (χ1) is 18.5. The molecule has 5 rings (SSSR count). The number of hydrogen-bond donors (Lipinski definition) is 3. The van der Waals surface area contributed by atoms with E-state index in [0.717, 1.165) is 21.9 Å². The highest BCUT2D eigenvalue weighted by molar-refractivity contribution is 8.36. The van der Waals surface area contributed by atoms with Crippen LogP contribution in [0.2, 0.25) is 5.02 Å². The van der Waals surface area contributed by atoms with Gasteiger partial charge in [-0.1, -0.05) is 27.0 Å². The van der Waals surface area contributed by atoms with E-state index in [1.54, 1.807) is 31.4 Å². The maximum Gasteiger partial charge on any atom is 0.159 e. The third-order valence-electron chi connectivity index (χ3n) is 6.90. The van der Waals surface area contributed by atoms with Crippen LogP contribution in [0.15, 0.2) is 65.0 Å². The van der Waals surface area contributed by atoms with Gasteiger partial charge in [0.1, 0.15) is 41.0 Å². The van der Waals surface area contributed by atoms with E-state index in [0.29, 0.717) is 5.69 Å². The lowest BCUT2D eigenvalue weighted by Crippen LogP contribution is -2.56. The molecule has 3 aliphatic heterocycles. The van der Waals surface area contributed by atoms with Crippen molar-refractivity contribution in [3.63, 3.8) is 0 Å². The number of nitrogens with zero attached hydrogens (tertiary/aromatic N) is 6. The number of hydrogen-bond acceptors (Lipinski definition) is 9. The molecule has 1 fully saturated rings. The number of ether oxygens (including phenoxy) is 1. The van der Waals surface area contributed by atoms with E-state index in [2.05, 4.69) is 24.9 Å². The summed E-state index contributed by atoms with van der Waals surface area (Å²) in [6, 6.07) is 6.12. The van der Waals surface area contributed by atoms with Crippen LogP contribution in [0.3, 0.4) is 0 Å². The van der Waals surface area contributed by atoms with Crippen LogP contribution in [-0.4, -0.2) is 70.7 Å². The third kappa shape index (κ3) is 5.14. The minimum absolute atomic E-state index is 0.115. The van der Waals surface area contributed by atoms with Crippen molar-refractivity contribution >= 4 is 39.2 Å². The molecule has 1 saturated heterocycles. The number of aliphatic hydroxyl groups is 2. The number of rotatable bonds is 6. The van der Waals surface area contributed by atoms with Crippen LogP contribution in [0.25, 0.3) is 0 Å². The Morgan fingerprint density at radius 1 is 1.28 bits per heavy atom. The average Bonchev–Trinajstić information content (AvgIpc) is 3.23. The molecule has 4 N–H and O–H groups in total. The summed E-state index contributed by atoms with van der Waals surface area (Å²) in [6.07, 6.45) is -1.03. The van der Waals surface area contributed by atoms with Crippen molar-refractivity contribution in [2.24, 2.45) is 30.6 Å². The zero-order valence-corrected chi connectivity index (χ0v) is 22.5. The maximum absolute atomic E-state index is 14.0. The molecule has 3 aliphatic rings. The maximum atomic E-state index is 14.0. The van der Waals surface area contributed by atoms with E-state index >= 15 is 0 Å². The quantitative estimate of drug-likeness (QED) is 0.153. The first-order valence-corrected chi connectivity index (χ1v) is 14.4. The second-order valence-electron chi connectivity index (χ2n) is 9.58. The topological polar surface area (TPSA) is 158 Å². The lowest BCUT2D eigenvalue weighted by molar-refractivity contribution is -0.147. The highest BCUT2D eigenvalue weighted by Crippen LogP contribution is 2.78. The Morgan fingerprint density at radius 3 is 2.64 bits per heavy atom. The van der Waals surface area contributed by atoms with Crippen LogP contribution < -0.4 is 5.73 Å². The zero-order chi connectivity index (χ0) is 28.1. The summed E-state index contributed by atoms with van der Waals surface area (Å²) < 4.78 is 37.3. The highest BCUT2D eigenvalue weighted by Gasteiger charge is 2.45. The Balaban J connectivity index is 1.40. The summed E-state index contributed by atoms with van der Waals surface area (Å²) in [6.45, 7) is 1.20. The van der Waals surface area contributed by atoms with Crippen molar-refractivity contribution in [2.75, 3.05) is 19.4 Å². The predicted molar refractivity (Wildman–Crippen MR) is 143 cm³/mol. The molecule has 11 nitrogen and oxygen atoms in total. The summed E-state index contributed by atoms with van der Waals surface area (Å²) in [5, 5.41) is 30.1. The second kappa shape index (κ2) is 10.5. The van der Waals surface area contributed by atoms with Crippen molar-refractivity contribution < 1.29 is 23.7 Å². The van der Waals surface area contributed by atoms with Gasteiger partial charge in [0, 0.05) is 16.2 Å². The molecular weight excluding hydrogens is 556 g/mol. The van der Waals surface area contributed by atoms with Gasteiger partial charge in [-0.3, -0.25) is 5.01 Å². The molecule has 0 spiro atoms. The minimum Gasteiger partial charge on any atom is -0.394 e. The fourth-order valence-corrected chi connectivity index (χ4v) is 6.88. The fraction of sp³-hybridized carbons (Fsp3) is 0.417. The Kier molecular flexibility index (Phi) is 7.41.